The van der Waals surface area contributed by atoms with Gasteiger partial charge < -0.3 is 0 Å². The molecule has 1 aromatic heterocycles. The molecule has 1 rings (SSSR count). The smallest absolute Gasteiger partial charge is 0.168 e. The molecule has 0 radical (unpaired) electrons. The quantitative estimate of drug-likeness (QED) is 0.617. The highest BCUT2D eigenvalue weighted by molar-refractivity contribution is 5.71. The summed E-state index contributed by atoms with van der Waals surface area (Å²) >= 11 is 0. The molecule has 0 aliphatic rings. The van der Waals surface area contributed by atoms with Crippen LogP contribution in [-0.2, 0) is 5.41 Å². The predicted molar refractivity (Wildman–Crippen MR) is 50.9 cm³/mol. The van der Waals surface area contributed by atoms with Crippen molar-refractivity contribution in [2.45, 2.75) is 33.1 Å². The molecular formula is C10H14N2O. The third-order valence-corrected chi connectivity index (χ3v) is 1.67. The lowest BCUT2D eigenvalue weighted by atomic mass is 9.95. The van der Waals surface area contributed by atoms with Crippen LogP contribution in [0.25, 0.3) is 0 Å². The molecule has 1 aromatic rings. The number of hydrogen-bond donors (Lipinski definition) is 0. The van der Waals surface area contributed by atoms with E-state index in [0.717, 1.165) is 17.8 Å². The van der Waals surface area contributed by atoms with Crippen LogP contribution in [0.1, 0.15) is 42.8 Å². The van der Waals surface area contributed by atoms with Crippen molar-refractivity contribution in [1.82, 2.24) is 9.97 Å². The number of hydrogen-bond acceptors (Lipinski definition) is 3. The fraction of sp³-hybridized carbons (Fsp3) is 0.500. The third kappa shape index (κ3) is 2.34. The van der Waals surface area contributed by atoms with Gasteiger partial charge in [-0.05, 0) is 13.0 Å². The van der Waals surface area contributed by atoms with E-state index in [9.17, 15) is 4.79 Å². The Bertz CT molecular complexity index is 326. The average molecular weight is 178 g/mol. The number of rotatable bonds is 1. The maximum absolute atomic E-state index is 10.5. The lowest BCUT2D eigenvalue weighted by Gasteiger charge is -2.16. The van der Waals surface area contributed by atoms with E-state index < -0.39 is 0 Å². The van der Waals surface area contributed by atoms with Crippen LogP contribution in [0.4, 0.5) is 0 Å². The zero-order chi connectivity index (χ0) is 10.1. The van der Waals surface area contributed by atoms with Gasteiger partial charge >= 0.3 is 0 Å². The molecule has 0 atom stereocenters. The van der Waals surface area contributed by atoms with E-state index in [-0.39, 0.29) is 5.41 Å². The van der Waals surface area contributed by atoms with Gasteiger partial charge in [0, 0.05) is 11.1 Å². The Morgan fingerprint density at radius 3 is 2.38 bits per heavy atom. The minimum absolute atomic E-state index is 0.107. The summed E-state index contributed by atoms with van der Waals surface area (Å²) in [6.45, 7) is 7.94. The lowest BCUT2D eigenvalue weighted by Crippen LogP contribution is -2.17. The molecule has 0 aliphatic carbocycles. The second-order valence-electron chi connectivity index (χ2n) is 4.13. The van der Waals surface area contributed by atoms with E-state index in [0.29, 0.717) is 5.69 Å². The van der Waals surface area contributed by atoms with Gasteiger partial charge in [-0.25, -0.2) is 9.97 Å². The molecule has 0 aliphatic heterocycles. The van der Waals surface area contributed by atoms with Gasteiger partial charge in [0.05, 0.1) is 0 Å². The van der Waals surface area contributed by atoms with Gasteiger partial charge in [0.2, 0.25) is 0 Å². The molecule has 0 spiro atoms. The van der Waals surface area contributed by atoms with Crippen molar-refractivity contribution < 1.29 is 4.79 Å². The van der Waals surface area contributed by atoms with Gasteiger partial charge in [0.15, 0.2) is 6.29 Å². The lowest BCUT2D eigenvalue weighted by molar-refractivity contribution is 0.111. The molecule has 0 N–H and O–H groups in total. The summed E-state index contributed by atoms with van der Waals surface area (Å²) in [5.41, 5.74) is 1.18. The van der Waals surface area contributed by atoms with Crippen LogP contribution in [0.3, 0.4) is 0 Å². The topological polar surface area (TPSA) is 42.9 Å². The van der Waals surface area contributed by atoms with Crippen molar-refractivity contribution in [3.8, 4) is 0 Å². The van der Waals surface area contributed by atoms with Gasteiger partial charge in [0.25, 0.3) is 0 Å². The highest BCUT2D eigenvalue weighted by atomic mass is 16.1. The summed E-state index contributed by atoms with van der Waals surface area (Å²) in [5, 5.41) is 0. The van der Waals surface area contributed by atoms with E-state index >= 15 is 0 Å². The number of carbonyl (C=O) groups excluding carboxylic acids is 1. The number of aldehydes is 1. The second kappa shape index (κ2) is 3.24. The highest BCUT2D eigenvalue weighted by Gasteiger charge is 2.17. The van der Waals surface area contributed by atoms with Crippen molar-refractivity contribution in [3.63, 3.8) is 0 Å². The Morgan fingerprint density at radius 1 is 1.31 bits per heavy atom. The molecule has 0 saturated heterocycles. The molecule has 70 valence electrons. The average Bonchev–Trinajstić information content (AvgIpc) is 2.01. The standard InChI is InChI=1S/C10H14N2O/c1-7-5-8(6-13)12-9(11-7)10(2,3)4/h5-6H,1-4H3. The van der Waals surface area contributed by atoms with Gasteiger partial charge in [-0.3, -0.25) is 4.79 Å². The van der Waals surface area contributed by atoms with E-state index in [1.54, 1.807) is 6.07 Å². The maximum Gasteiger partial charge on any atom is 0.168 e. The first-order chi connectivity index (χ1) is 5.93. The van der Waals surface area contributed by atoms with Crippen LogP contribution in [0.5, 0.6) is 0 Å². The third-order valence-electron chi connectivity index (χ3n) is 1.67. The fourth-order valence-corrected chi connectivity index (χ4v) is 0.989. The highest BCUT2D eigenvalue weighted by Crippen LogP contribution is 2.18. The minimum Gasteiger partial charge on any atom is -0.296 e. The first kappa shape index (κ1) is 9.84. The molecule has 0 aromatic carbocycles. The van der Waals surface area contributed by atoms with E-state index in [1.807, 2.05) is 27.7 Å². The number of aryl methyl sites for hydroxylation is 1. The molecule has 3 heteroatoms. The minimum atomic E-state index is -0.107. The molecule has 0 amide bonds. The van der Waals surface area contributed by atoms with E-state index in [1.165, 1.54) is 0 Å². The summed E-state index contributed by atoms with van der Waals surface area (Å²) in [6.07, 6.45) is 0.754. The van der Waals surface area contributed by atoms with Gasteiger partial charge in [-0.2, -0.15) is 0 Å². The number of carbonyl (C=O) groups is 1. The Hall–Kier alpha value is -1.25. The Morgan fingerprint density at radius 2 is 1.92 bits per heavy atom. The Balaban J connectivity index is 3.24. The molecule has 3 nitrogen and oxygen atoms in total. The monoisotopic (exact) mass is 178 g/mol. The summed E-state index contributed by atoms with van der Waals surface area (Å²) in [6, 6.07) is 1.68. The first-order valence-electron chi connectivity index (χ1n) is 4.25. The SMILES string of the molecule is Cc1cc(C=O)nc(C(C)(C)C)n1. The predicted octanol–water partition coefficient (Wildman–Crippen LogP) is 1.90. The zero-order valence-corrected chi connectivity index (χ0v) is 8.46. The molecule has 0 unspecified atom stereocenters. The van der Waals surface area contributed by atoms with Crippen LogP contribution in [0, 0.1) is 6.92 Å². The fourth-order valence-electron chi connectivity index (χ4n) is 0.989. The Labute approximate surface area is 78.2 Å². The number of aromatic nitrogens is 2. The van der Waals surface area contributed by atoms with Gasteiger partial charge in [-0.15, -0.1) is 0 Å². The summed E-state index contributed by atoms with van der Waals surface area (Å²) in [7, 11) is 0. The second-order valence-corrected chi connectivity index (χ2v) is 4.13. The van der Waals surface area contributed by atoms with Crippen LogP contribution < -0.4 is 0 Å². The van der Waals surface area contributed by atoms with Crippen molar-refractivity contribution in [2.24, 2.45) is 0 Å². The summed E-state index contributed by atoms with van der Waals surface area (Å²) in [4.78, 5) is 19.0. The van der Waals surface area contributed by atoms with Gasteiger partial charge in [0.1, 0.15) is 11.5 Å². The molecule has 0 bridgehead atoms. The van der Waals surface area contributed by atoms with Crippen molar-refractivity contribution in [2.75, 3.05) is 0 Å². The van der Waals surface area contributed by atoms with Crippen LogP contribution in [0.15, 0.2) is 6.07 Å². The first-order valence-corrected chi connectivity index (χ1v) is 4.25. The zero-order valence-electron chi connectivity index (χ0n) is 8.46. The normalized spacial score (nSPS) is 11.4. The van der Waals surface area contributed by atoms with Crippen LogP contribution in [-0.4, -0.2) is 16.3 Å². The maximum atomic E-state index is 10.5. The van der Waals surface area contributed by atoms with Crippen molar-refractivity contribution in [3.05, 3.63) is 23.3 Å². The molecular weight excluding hydrogens is 164 g/mol. The number of nitrogens with zero attached hydrogens (tertiary/aromatic N) is 2. The largest absolute Gasteiger partial charge is 0.296 e. The van der Waals surface area contributed by atoms with Crippen molar-refractivity contribution in [1.29, 1.82) is 0 Å². The Kier molecular flexibility index (Phi) is 2.45. The van der Waals surface area contributed by atoms with Crippen LogP contribution in [0.2, 0.25) is 0 Å². The summed E-state index contributed by atoms with van der Waals surface area (Å²) in [5.74, 6) is 0.717. The molecule has 0 saturated carbocycles. The summed E-state index contributed by atoms with van der Waals surface area (Å²) < 4.78 is 0. The molecule has 0 fully saturated rings. The van der Waals surface area contributed by atoms with Crippen LogP contribution >= 0.6 is 0 Å². The van der Waals surface area contributed by atoms with E-state index in [2.05, 4.69) is 9.97 Å². The molecule has 13 heavy (non-hydrogen) atoms. The molecule has 1 heterocycles. The van der Waals surface area contributed by atoms with Gasteiger partial charge in [-0.1, -0.05) is 20.8 Å². The van der Waals surface area contributed by atoms with Crippen molar-refractivity contribution >= 4 is 6.29 Å². The van der Waals surface area contributed by atoms with E-state index in [4.69, 9.17) is 0 Å².